The quantitative estimate of drug-likeness (QED) is 0.834. The molecule has 1 atom stereocenters. The Kier molecular flexibility index (Phi) is 4.28. The molecule has 0 radical (unpaired) electrons. The minimum atomic E-state index is -3.48. The molecule has 0 N–H and O–H groups in total. The van der Waals surface area contributed by atoms with Gasteiger partial charge in [0.2, 0.25) is 10.0 Å². The lowest BCUT2D eigenvalue weighted by Crippen LogP contribution is -2.31. The molecule has 1 unspecified atom stereocenters. The van der Waals surface area contributed by atoms with Crippen molar-refractivity contribution in [2.45, 2.75) is 37.2 Å². The molecule has 1 saturated heterocycles. The zero-order chi connectivity index (χ0) is 15.0. The number of sulfonamides is 1. The minimum absolute atomic E-state index is 0.0277. The zero-order valence-electron chi connectivity index (χ0n) is 12.1. The SMILES string of the molecule is Cc1c(Cl)cccc1S(=O)(=O)N1CCC(OCC2CC2)C1. The van der Waals surface area contributed by atoms with Crippen molar-refractivity contribution < 1.29 is 13.2 Å². The predicted octanol–water partition coefficient (Wildman–Crippen LogP) is 2.84. The third kappa shape index (κ3) is 3.26. The van der Waals surface area contributed by atoms with Gasteiger partial charge in [-0.25, -0.2) is 8.42 Å². The average molecular weight is 330 g/mol. The fourth-order valence-electron chi connectivity index (χ4n) is 2.61. The lowest BCUT2D eigenvalue weighted by atomic mass is 10.2. The Morgan fingerprint density at radius 1 is 1.33 bits per heavy atom. The maximum absolute atomic E-state index is 12.7. The number of halogens is 1. The molecule has 2 aliphatic rings. The summed E-state index contributed by atoms with van der Waals surface area (Å²) in [6, 6.07) is 5.01. The van der Waals surface area contributed by atoms with Crippen LogP contribution < -0.4 is 0 Å². The molecule has 0 aromatic heterocycles. The fourth-order valence-corrected chi connectivity index (χ4v) is 4.58. The van der Waals surface area contributed by atoms with Crippen LogP contribution in [0.1, 0.15) is 24.8 Å². The second kappa shape index (κ2) is 5.88. The van der Waals surface area contributed by atoms with E-state index < -0.39 is 10.0 Å². The molecule has 21 heavy (non-hydrogen) atoms. The third-order valence-corrected chi connectivity index (χ3v) is 6.63. The summed E-state index contributed by atoms with van der Waals surface area (Å²) in [5.41, 5.74) is 0.613. The molecule has 1 aliphatic heterocycles. The third-order valence-electron chi connectivity index (χ3n) is 4.21. The van der Waals surface area contributed by atoms with E-state index in [-0.39, 0.29) is 6.10 Å². The Bertz CT molecular complexity index is 628. The number of benzene rings is 1. The molecular formula is C15H20ClNO3S. The Morgan fingerprint density at radius 2 is 2.10 bits per heavy atom. The van der Waals surface area contributed by atoms with Gasteiger partial charge in [-0.15, -0.1) is 0 Å². The summed E-state index contributed by atoms with van der Waals surface area (Å²) < 4.78 is 32.8. The van der Waals surface area contributed by atoms with Crippen LogP contribution in [0.4, 0.5) is 0 Å². The van der Waals surface area contributed by atoms with E-state index in [1.807, 2.05) is 0 Å². The van der Waals surface area contributed by atoms with E-state index >= 15 is 0 Å². The fraction of sp³-hybridized carbons (Fsp3) is 0.600. The molecular weight excluding hydrogens is 310 g/mol. The maximum atomic E-state index is 12.7. The summed E-state index contributed by atoms with van der Waals surface area (Å²) >= 11 is 6.04. The van der Waals surface area contributed by atoms with Gasteiger partial charge in [-0.3, -0.25) is 0 Å². The van der Waals surface area contributed by atoms with Crippen LogP contribution in [0.3, 0.4) is 0 Å². The van der Waals surface area contributed by atoms with Crippen LogP contribution in [0.2, 0.25) is 5.02 Å². The van der Waals surface area contributed by atoms with Gasteiger partial charge >= 0.3 is 0 Å². The summed E-state index contributed by atoms with van der Waals surface area (Å²) in [5.74, 6) is 0.700. The van der Waals surface area contributed by atoms with Gasteiger partial charge in [-0.2, -0.15) is 4.31 Å². The highest BCUT2D eigenvalue weighted by atomic mass is 35.5. The van der Waals surface area contributed by atoms with Crippen molar-refractivity contribution in [3.8, 4) is 0 Å². The van der Waals surface area contributed by atoms with Crippen molar-refractivity contribution in [1.29, 1.82) is 0 Å². The molecule has 3 rings (SSSR count). The molecule has 1 heterocycles. The second-order valence-corrected chi connectivity index (χ2v) is 8.23. The predicted molar refractivity (Wildman–Crippen MR) is 82.0 cm³/mol. The van der Waals surface area contributed by atoms with Crippen molar-refractivity contribution in [2.24, 2.45) is 5.92 Å². The Hall–Kier alpha value is -0.620. The summed E-state index contributed by atoms with van der Waals surface area (Å²) in [7, 11) is -3.48. The summed E-state index contributed by atoms with van der Waals surface area (Å²) in [6.07, 6.45) is 3.29. The van der Waals surface area contributed by atoms with Crippen LogP contribution in [0.15, 0.2) is 23.1 Å². The minimum Gasteiger partial charge on any atom is -0.377 e. The number of hydrogen-bond donors (Lipinski definition) is 0. The topological polar surface area (TPSA) is 46.6 Å². The monoisotopic (exact) mass is 329 g/mol. The van der Waals surface area contributed by atoms with E-state index in [0.29, 0.717) is 34.5 Å². The summed E-state index contributed by atoms with van der Waals surface area (Å²) in [4.78, 5) is 0.304. The van der Waals surface area contributed by atoms with Crippen molar-refractivity contribution >= 4 is 21.6 Å². The zero-order valence-corrected chi connectivity index (χ0v) is 13.7. The highest BCUT2D eigenvalue weighted by Crippen LogP contribution is 2.31. The average Bonchev–Trinajstić information content (AvgIpc) is 3.15. The molecule has 0 spiro atoms. The first-order valence-electron chi connectivity index (χ1n) is 7.35. The molecule has 1 aliphatic carbocycles. The van der Waals surface area contributed by atoms with E-state index in [1.54, 1.807) is 25.1 Å². The molecule has 116 valence electrons. The maximum Gasteiger partial charge on any atom is 0.243 e. The molecule has 0 amide bonds. The van der Waals surface area contributed by atoms with Crippen LogP contribution in [-0.2, 0) is 14.8 Å². The van der Waals surface area contributed by atoms with Gasteiger partial charge in [-0.05, 0) is 49.8 Å². The van der Waals surface area contributed by atoms with Gasteiger partial charge in [0.15, 0.2) is 0 Å². The van der Waals surface area contributed by atoms with Crippen LogP contribution in [0.25, 0.3) is 0 Å². The first kappa shape index (κ1) is 15.3. The first-order valence-corrected chi connectivity index (χ1v) is 9.17. The highest BCUT2D eigenvalue weighted by molar-refractivity contribution is 7.89. The van der Waals surface area contributed by atoms with Crippen LogP contribution >= 0.6 is 11.6 Å². The Morgan fingerprint density at radius 3 is 2.81 bits per heavy atom. The lowest BCUT2D eigenvalue weighted by Gasteiger charge is -2.18. The van der Waals surface area contributed by atoms with Gasteiger partial charge in [0.25, 0.3) is 0 Å². The van der Waals surface area contributed by atoms with Crippen molar-refractivity contribution in [2.75, 3.05) is 19.7 Å². The highest BCUT2D eigenvalue weighted by Gasteiger charge is 2.35. The summed E-state index contributed by atoms with van der Waals surface area (Å²) in [6.45, 7) is 3.48. The van der Waals surface area contributed by atoms with Gasteiger partial charge in [0.1, 0.15) is 0 Å². The van der Waals surface area contributed by atoms with Gasteiger partial charge in [0.05, 0.1) is 11.0 Å². The van der Waals surface area contributed by atoms with Crippen molar-refractivity contribution in [3.05, 3.63) is 28.8 Å². The van der Waals surface area contributed by atoms with Crippen LogP contribution in [0, 0.1) is 12.8 Å². The normalized spacial score (nSPS) is 23.6. The van der Waals surface area contributed by atoms with E-state index in [9.17, 15) is 8.42 Å². The smallest absolute Gasteiger partial charge is 0.243 e. The molecule has 2 fully saturated rings. The van der Waals surface area contributed by atoms with Gasteiger partial charge in [0, 0.05) is 24.7 Å². The number of ether oxygens (including phenoxy) is 1. The number of rotatable bonds is 5. The van der Waals surface area contributed by atoms with Gasteiger partial charge < -0.3 is 4.74 Å². The Balaban J connectivity index is 1.71. The Labute approximate surface area is 131 Å². The standard InChI is InChI=1S/C15H20ClNO3S/c1-11-14(16)3-2-4-15(11)21(18,19)17-8-7-13(9-17)20-10-12-5-6-12/h2-4,12-13H,5-10H2,1H3. The second-order valence-electron chi connectivity index (χ2n) is 5.91. The molecule has 0 bridgehead atoms. The summed E-state index contributed by atoms with van der Waals surface area (Å²) in [5, 5.41) is 0.483. The number of nitrogens with zero attached hydrogens (tertiary/aromatic N) is 1. The molecule has 1 aromatic carbocycles. The van der Waals surface area contributed by atoms with E-state index in [4.69, 9.17) is 16.3 Å². The molecule has 1 aromatic rings. The van der Waals surface area contributed by atoms with E-state index in [1.165, 1.54) is 17.1 Å². The van der Waals surface area contributed by atoms with Crippen molar-refractivity contribution in [3.63, 3.8) is 0 Å². The van der Waals surface area contributed by atoms with E-state index in [0.717, 1.165) is 13.0 Å². The molecule has 4 nitrogen and oxygen atoms in total. The van der Waals surface area contributed by atoms with Crippen LogP contribution in [-0.4, -0.2) is 38.5 Å². The van der Waals surface area contributed by atoms with Crippen molar-refractivity contribution in [1.82, 2.24) is 4.31 Å². The molecule has 6 heteroatoms. The van der Waals surface area contributed by atoms with Crippen LogP contribution in [0.5, 0.6) is 0 Å². The van der Waals surface area contributed by atoms with Gasteiger partial charge in [-0.1, -0.05) is 17.7 Å². The largest absolute Gasteiger partial charge is 0.377 e. The van der Waals surface area contributed by atoms with E-state index in [2.05, 4.69) is 0 Å². The molecule has 1 saturated carbocycles. The first-order chi connectivity index (χ1) is 9.98. The lowest BCUT2D eigenvalue weighted by molar-refractivity contribution is 0.0561. The number of hydrogen-bond acceptors (Lipinski definition) is 3.